The van der Waals surface area contributed by atoms with Gasteiger partial charge in [-0.15, -0.1) is 5.10 Å². The average Bonchev–Trinajstić information content (AvgIpc) is 3.24. The Kier molecular flexibility index (Phi) is 5.61. The van der Waals surface area contributed by atoms with Crippen LogP contribution in [-0.4, -0.2) is 22.0 Å². The molecule has 4 aromatic rings. The second-order valence-corrected chi connectivity index (χ2v) is 6.52. The van der Waals surface area contributed by atoms with Crippen LogP contribution < -0.4 is 10.6 Å². The van der Waals surface area contributed by atoms with E-state index in [1.165, 1.54) is 0 Å². The highest BCUT2D eigenvalue weighted by Gasteiger charge is 2.13. The van der Waals surface area contributed by atoms with Crippen molar-refractivity contribution in [2.75, 3.05) is 10.6 Å². The molecule has 0 saturated heterocycles. The molecule has 2 amide bonds. The maximum Gasteiger partial charge on any atom is 0.322 e. The second-order valence-electron chi connectivity index (χ2n) is 6.52. The normalized spacial score (nSPS) is 10.4. The Morgan fingerprint density at radius 1 is 0.800 bits per heavy atom. The lowest BCUT2D eigenvalue weighted by molar-refractivity contribution is -0.115. The summed E-state index contributed by atoms with van der Waals surface area (Å²) in [7, 11) is 0. The zero-order valence-corrected chi connectivity index (χ0v) is 15.9. The molecule has 2 N–H and O–H groups in total. The highest BCUT2D eigenvalue weighted by molar-refractivity contribution is 6.04. The summed E-state index contributed by atoms with van der Waals surface area (Å²) < 4.78 is 5.50. The molecular formula is C23H18N4O3. The monoisotopic (exact) mass is 398 g/mol. The van der Waals surface area contributed by atoms with Crippen LogP contribution in [0.4, 0.5) is 11.7 Å². The van der Waals surface area contributed by atoms with Crippen molar-refractivity contribution in [1.82, 2.24) is 10.2 Å². The Morgan fingerprint density at radius 3 is 2.30 bits per heavy atom. The Hall–Kier alpha value is -4.26. The van der Waals surface area contributed by atoms with E-state index in [-0.39, 0.29) is 18.3 Å². The summed E-state index contributed by atoms with van der Waals surface area (Å²) in [5.41, 5.74) is 2.55. The SMILES string of the molecule is O=C(Cc1ccccc1)Nc1cccc(C(=O)Nc2nnc(-c3ccccc3)o2)c1. The molecule has 1 aromatic heterocycles. The van der Waals surface area contributed by atoms with Gasteiger partial charge in [0, 0.05) is 16.8 Å². The summed E-state index contributed by atoms with van der Waals surface area (Å²) in [6.07, 6.45) is 0.251. The zero-order valence-electron chi connectivity index (χ0n) is 15.9. The number of benzene rings is 3. The maximum atomic E-state index is 12.5. The summed E-state index contributed by atoms with van der Waals surface area (Å²) in [5, 5.41) is 13.2. The van der Waals surface area contributed by atoms with E-state index in [1.807, 2.05) is 60.7 Å². The molecule has 0 atom stereocenters. The molecule has 30 heavy (non-hydrogen) atoms. The van der Waals surface area contributed by atoms with Crippen LogP contribution in [0.25, 0.3) is 11.5 Å². The molecular weight excluding hydrogens is 380 g/mol. The standard InChI is InChI=1S/C23H18N4O3/c28-20(14-16-8-3-1-4-9-16)24-19-13-7-12-18(15-19)21(29)25-23-27-26-22(30-23)17-10-5-2-6-11-17/h1-13,15H,14H2,(H,24,28)(H,25,27,29). The third-order valence-electron chi connectivity index (χ3n) is 4.28. The quantitative estimate of drug-likeness (QED) is 0.508. The maximum absolute atomic E-state index is 12.5. The number of nitrogens with one attached hydrogen (secondary N) is 2. The van der Waals surface area contributed by atoms with Gasteiger partial charge in [-0.05, 0) is 35.9 Å². The highest BCUT2D eigenvalue weighted by Crippen LogP contribution is 2.20. The first kappa shape index (κ1) is 19.1. The fraction of sp³-hybridized carbons (Fsp3) is 0.0435. The molecule has 7 heteroatoms. The van der Waals surface area contributed by atoms with E-state index >= 15 is 0 Å². The number of amides is 2. The van der Waals surface area contributed by atoms with Gasteiger partial charge in [-0.2, -0.15) is 0 Å². The third kappa shape index (κ3) is 4.77. The van der Waals surface area contributed by atoms with E-state index in [4.69, 9.17) is 4.42 Å². The lowest BCUT2D eigenvalue weighted by Gasteiger charge is -2.07. The number of carbonyl (C=O) groups excluding carboxylic acids is 2. The smallest absolute Gasteiger partial charge is 0.322 e. The number of nitrogens with zero attached hydrogens (tertiary/aromatic N) is 2. The molecule has 0 fully saturated rings. The molecule has 0 spiro atoms. The number of anilines is 2. The molecule has 0 aliphatic heterocycles. The predicted molar refractivity (Wildman–Crippen MR) is 113 cm³/mol. The summed E-state index contributed by atoms with van der Waals surface area (Å²) >= 11 is 0. The van der Waals surface area contributed by atoms with E-state index in [9.17, 15) is 9.59 Å². The van der Waals surface area contributed by atoms with Gasteiger partial charge in [0.25, 0.3) is 5.91 Å². The number of hydrogen-bond donors (Lipinski definition) is 2. The van der Waals surface area contributed by atoms with Crippen molar-refractivity contribution >= 4 is 23.5 Å². The summed E-state index contributed by atoms with van der Waals surface area (Å²) in [6, 6.07) is 25.3. The fourth-order valence-electron chi connectivity index (χ4n) is 2.87. The average molecular weight is 398 g/mol. The van der Waals surface area contributed by atoms with Crippen molar-refractivity contribution in [2.24, 2.45) is 0 Å². The van der Waals surface area contributed by atoms with Crippen LogP contribution >= 0.6 is 0 Å². The van der Waals surface area contributed by atoms with Gasteiger partial charge in [-0.25, -0.2) is 0 Å². The number of aromatic nitrogens is 2. The molecule has 0 saturated carbocycles. The van der Waals surface area contributed by atoms with Gasteiger partial charge in [0.1, 0.15) is 0 Å². The van der Waals surface area contributed by atoms with E-state index < -0.39 is 5.91 Å². The topological polar surface area (TPSA) is 97.1 Å². The molecule has 1 heterocycles. The van der Waals surface area contributed by atoms with E-state index in [0.717, 1.165) is 11.1 Å². The minimum absolute atomic E-state index is 0.00244. The van der Waals surface area contributed by atoms with E-state index in [2.05, 4.69) is 20.8 Å². The zero-order chi connectivity index (χ0) is 20.8. The van der Waals surface area contributed by atoms with Gasteiger partial charge in [-0.3, -0.25) is 14.9 Å². The van der Waals surface area contributed by atoms with Crippen molar-refractivity contribution in [2.45, 2.75) is 6.42 Å². The molecule has 3 aromatic carbocycles. The molecule has 0 aliphatic rings. The lowest BCUT2D eigenvalue weighted by Crippen LogP contribution is -2.16. The fourth-order valence-corrected chi connectivity index (χ4v) is 2.87. The van der Waals surface area contributed by atoms with Crippen molar-refractivity contribution in [3.05, 3.63) is 96.1 Å². The molecule has 0 bridgehead atoms. The first-order valence-corrected chi connectivity index (χ1v) is 9.31. The van der Waals surface area contributed by atoms with Crippen LogP contribution in [0.3, 0.4) is 0 Å². The van der Waals surface area contributed by atoms with Gasteiger partial charge in [0.15, 0.2) is 0 Å². The summed E-state index contributed by atoms with van der Waals surface area (Å²) in [6.45, 7) is 0. The van der Waals surface area contributed by atoms with Crippen LogP contribution in [0, 0.1) is 0 Å². The first-order valence-electron chi connectivity index (χ1n) is 9.31. The van der Waals surface area contributed by atoms with E-state index in [1.54, 1.807) is 24.3 Å². The molecule has 0 aliphatic carbocycles. The number of hydrogen-bond acceptors (Lipinski definition) is 5. The van der Waals surface area contributed by atoms with Gasteiger partial charge in [0.2, 0.25) is 11.8 Å². The van der Waals surface area contributed by atoms with Crippen molar-refractivity contribution < 1.29 is 14.0 Å². The minimum Gasteiger partial charge on any atom is -0.403 e. The van der Waals surface area contributed by atoms with Crippen molar-refractivity contribution in [1.29, 1.82) is 0 Å². The second kappa shape index (κ2) is 8.83. The van der Waals surface area contributed by atoms with Gasteiger partial charge in [0.05, 0.1) is 6.42 Å². The van der Waals surface area contributed by atoms with Crippen LogP contribution in [0.1, 0.15) is 15.9 Å². The molecule has 148 valence electrons. The predicted octanol–water partition coefficient (Wildman–Crippen LogP) is 4.17. The minimum atomic E-state index is -0.419. The molecule has 0 radical (unpaired) electrons. The van der Waals surface area contributed by atoms with Crippen molar-refractivity contribution in [3.63, 3.8) is 0 Å². The van der Waals surface area contributed by atoms with Crippen LogP contribution in [-0.2, 0) is 11.2 Å². The Labute approximate surface area is 172 Å². The molecule has 7 nitrogen and oxygen atoms in total. The van der Waals surface area contributed by atoms with E-state index in [0.29, 0.717) is 17.1 Å². The van der Waals surface area contributed by atoms with Crippen LogP contribution in [0.5, 0.6) is 0 Å². The van der Waals surface area contributed by atoms with Crippen molar-refractivity contribution in [3.8, 4) is 11.5 Å². The number of carbonyl (C=O) groups is 2. The molecule has 4 rings (SSSR count). The summed E-state index contributed by atoms with van der Waals surface area (Å²) in [4.78, 5) is 24.8. The lowest BCUT2D eigenvalue weighted by atomic mass is 10.1. The van der Waals surface area contributed by atoms with Crippen LogP contribution in [0.15, 0.2) is 89.3 Å². The third-order valence-corrected chi connectivity index (χ3v) is 4.28. The van der Waals surface area contributed by atoms with Gasteiger partial charge < -0.3 is 9.73 Å². The Balaban J connectivity index is 1.40. The summed E-state index contributed by atoms with van der Waals surface area (Å²) in [5.74, 6) is -0.270. The molecule has 0 unspecified atom stereocenters. The Bertz CT molecular complexity index is 1160. The first-order chi connectivity index (χ1) is 14.7. The largest absolute Gasteiger partial charge is 0.403 e. The van der Waals surface area contributed by atoms with Gasteiger partial charge >= 0.3 is 6.01 Å². The van der Waals surface area contributed by atoms with Crippen LogP contribution in [0.2, 0.25) is 0 Å². The van der Waals surface area contributed by atoms with Gasteiger partial charge in [-0.1, -0.05) is 59.7 Å². The highest BCUT2D eigenvalue weighted by atomic mass is 16.4. The number of rotatable bonds is 6. The Morgan fingerprint density at radius 2 is 1.53 bits per heavy atom.